The Morgan fingerprint density at radius 3 is 2.76 bits per heavy atom. The number of ether oxygens (including phenoxy) is 1. The molecule has 5 nitrogen and oxygen atoms in total. The summed E-state index contributed by atoms with van der Waals surface area (Å²) in [5.41, 5.74) is 0.571. The van der Waals surface area contributed by atoms with Crippen LogP contribution in [0.3, 0.4) is 0 Å². The van der Waals surface area contributed by atoms with Crippen LogP contribution in [0, 0.1) is 0 Å². The van der Waals surface area contributed by atoms with E-state index in [2.05, 4.69) is 10.1 Å². The van der Waals surface area contributed by atoms with Crippen molar-refractivity contribution in [1.82, 2.24) is 14.8 Å². The van der Waals surface area contributed by atoms with E-state index < -0.39 is 11.7 Å². The van der Waals surface area contributed by atoms with Gasteiger partial charge in [-0.2, -0.15) is 9.78 Å². The van der Waals surface area contributed by atoms with Gasteiger partial charge in [0, 0.05) is 0 Å². The first-order valence-electron chi connectivity index (χ1n) is 5.10. The molecule has 0 spiro atoms. The minimum Gasteiger partial charge on any atom is -0.442 e. The van der Waals surface area contributed by atoms with E-state index in [1.165, 1.54) is 10.9 Å². The Kier molecular flexibility index (Phi) is 2.79. The molecule has 2 aromatic rings. The fourth-order valence-electron chi connectivity index (χ4n) is 1.34. The van der Waals surface area contributed by atoms with Crippen molar-refractivity contribution in [3.8, 4) is 0 Å². The van der Waals surface area contributed by atoms with Crippen LogP contribution >= 0.6 is 11.6 Å². The van der Waals surface area contributed by atoms with Crippen LogP contribution in [0.2, 0.25) is 5.15 Å². The second kappa shape index (κ2) is 4.00. The van der Waals surface area contributed by atoms with Crippen LogP contribution in [0.1, 0.15) is 20.8 Å². The second-order valence-electron chi connectivity index (χ2n) is 4.58. The zero-order valence-electron chi connectivity index (χ0n) is 9.77. The van der Waals surface area contributed by atoms with Crippen molar-refractivity contribution in [2.75, 3.05) is 0 Å². The molecule has 0 saturated carbocycles. The van der Waals surface area contributed by atoms with E-state index in [0.717, 1.165) is 0 Å². The molecule has 2 aromatic heterocycles. The quantitative estimate of drug-likeness (QED) is 0.678. The normalized spacial score (nSPS) is 11.8. The van der Waals surface area contributed by atoms with E-state index in [4.69, 9.17) is 16.3 Å². The summed E-state index contributed by atoms with van der Waals surface area (Å²) >= 11 is 5.75. The SMILES string of the molecule is CC(C)(C)OC(=O)n1ncc2nc(Cl)ccc21. The number of hydrogen-bond donors (Lipinski definition) is 0. The molecule has 0 aliphatic rings. The molecule has 6 heteroatoms. The number of carbonyl (C=O) groups excluding carboxylic acids is 1. The fourth-order valence-corrected chi connectivity index (χ4v) is 1.50. The van der Waals surface area contributed by atoms with E-state index in [1.807, 2.05) is 0 Å². The number of fused-ring (bicyclic) bond motifs is 1. The summed E-state index contributed by atoms with van der Waals surface area (Å²) in [5, 5.41) is 4.30. The first-order valence-corrected chi connectivity index (χ1v) is 5.48. The molecule has 0 unspecified atom stereocenters. The fraction of sp³-hybridized carbons (Fsp3) is 0.364. The molecule has 0 amide bonds. The van der Waals surface area contributed by atoms with Crippen molar-refractivity contribution >= 4 is 28.7 Å². The van der Waals surface area contributed by atoms with E-state index in [1.54, 1.807) is 32.9 Å². The maximum atomic E-state index is 11.8. The number of rotatable bonds is 0. The molecule has 0 fully saturated rings. The van der Waals surface area contributed by atoms with E-state index in [0.29, 0.717) is 16.2 Å². The summed E-state index contributed by atoms with van der Waals surface area (Å²) in [4.78, 5) is 15.9. The van der Waals surface area contributed by atoms with Crippen LogP contribution in [-0.2, 0) is 4.74 Å². The number of carbonyl (C=O) groups is 1. The van der Waals surface area contributed by atoms with Crippen LogP contribution in [0.25, 0.3) is 11.0 Å². The first kappa shape index (κ1) is 11.9. The maximum absolute atomic E-state index is 11.8. The number of aromatic nitrogens is 3. The standard InChI is InChI=1S/C11H12ClN3O2/c1-11(2,3)17-10(16)15-8-4-5-9(12)14-7(8)6-13-15/h4-6H,1-3H3. The molecule has 17 heavy (non-hydrogen) atoms. The van der Waals surface area contributed by atoms with Gasteiger partial charge in [0.1, 0.15) is 16.3 Å². The summed E-state index contributed by atoms with van der Waals surface area (Å²) in [6, 6.07) is 3.29. The topological polar surface area (TPSA) is 57.0 Å². The Bertz CT molecular complexity index is 572. The molecule has 2 rings (SSSR count). The summed E-state index contributed by atoms with van der Waals surface area (Å²) in [5.74, 6) is 0. The Morgan fingerprint density at radius 2 is 2.12 bits per heavy atom. The second-order valence-corrected chi connectivity index (χ2v) is 4.96. The van der Waals surface area contributed by atoms with Gasteiger partial charge in [-0.25, -0.2) is 9.78 Å². The van der Waals surface area contributed by atoms with Crippen molar-refractivity contribution in [3.63, 3.8) is 0 Å². The molecule has 0 aliphatic heterocycles. The van der Waals surface area contributed by atoms with Crippen LogP contribution in [-0.4, -0.2) is 26.5 Å². The molecule has 0 atom stereocenters. The molecule has 0 aromatic carbocycles. The van der Waals surface area contributed by atoms with Gasteiger partial charge in [0.05, 0.1) is 11.7 Å². The minimum absolute atomic E-state index is 0.362. The number of hydrogen-bond acceptors (Lipinski definition) is 4. The summed E-state index contributed by atoms with van der Waals surface area (Å²) < 4.78 is 6.39. The lowest BCUT2D eigenvalue weighted by atomic mass is 10.2. The lowest BCUT2D eigenvalue weighted by molar-refractivity contribution is 0.0523. The minimum atomic E-state index is -0.560. The van der Waals surface area contributed by atoms with Gasteiger partial charge < -0.3 is 4.74 Å². The Morgan fingerprint density at radius 1 is 1.41 bits per heavy atom. The lowest BCUT2D eigenvalue weighted by Crippen LogP contribution is -2.27. The maximum Gasteiger partial charge on any atom is 0.435 e. The van der Waals surface area contributed by atoms with Gasteiger partial charge in [-0.05, 0) is 32.9 Å². The highest BCUT2D eigenvalue weighted by Gasteiger charge is 2.20. The molecule has 0 radical (unpaired) electrons. The van der Waals surface area contributed by atoms with Crippen LogP contribution in [0.4, 0.5) is 4.79 Å². The molecule has 0 aliphatic carbocycles. The largest absolute Gasteiger partial charge is 0.442 e. The van der Waals surface area contributed by atoms with Gasteiger partial charge in [-0.3, -0.25) is 0 Å². The Hall–Kier alpha value is -1.62. The first-order chi connectivity index (χ1) is 7.87. The summed E-state index contributed by atoms with van der Waals surface area (Å²) in [7, 11) is 0. The Balaban J connectivity index is 2.40. The van der Waals surface area contributed by atoms with Crippen molar-refractivity contribution in [2.45, 2.75) is 26.4 Å². The molecular formula is C11H12ClN3O2. The monoisotopic (exact) mass is 253 g/mol. The van der Waals surface area contributed by atoms with Gasteiger partial charge in [-0.15, -0.1) is 0 Å². The average Bonchev–Trinajstić information content (AvgIpc) is 2.57. The smallest absolute Gasteiger partial charge is 0.435 e. The predicted molar refractivity (Wildman–Crippen MR) is 64.2 cm³/mol. The average molecular weight is 254 g/mol. The van der Waals surface area contributed by atoms with Gasteiger partial charge in [0.25, 0.3) is 0 Å². The lowest BCUT2D eigenvalue weighted by Gasteiger charge is -2.19. The van der Waals surface area contributed by atoms with E-state index in [-0.39, 0.29) is 0 Å². The number of halogens is 1. The van der Waals surface area contributed by atoms with Gasteiger partial charge >= 0.3 is 6.09 Å². The highest BCUT2D eigenvalue weighted by molar-refractivity contribution is 6.29. The van der Waals surface area contributed by atoms with Crippen LogP contribution in [0.15, 0.2) is 18.3 Å². The van der Waals surface area contributed by atoms with Crippen LogP contribution in [0.5, 0.6) is 0 Å². The molecule has 0 N–H and O–H groups in total. The number of pyridine rings is 1. The van der Waals surface area contributed by atoms with Crippen molar-refractivity contribution in [2.24, 2.45) is 0 Å². The zero-order chi connectivity index (χ0) is 12.6. The molecular weight excluding hydrogens is 242 g/mol. The van der Waals surface area contributed by atoms with E-state index in [9.17, 15) is 4.79 Å². The van der Waals surface area contributed by atoms with Crippen LogP contribution < -0.4 is 0 Å². The molecule has 0 bridgehead atoms. The third kappa shape index (κ3) is 2.55. The molecule has 2 heterocycles. The van der Waals surface area contributed by atoms with Gasteiger partial charge in [0.2, 0.25) is 0 Å². The highest BCUT2D eigenvalue weighted by Crippen LogP contribution is 2.16. The van der Waals surface area contributed by atoms with Crippen molar-refractivity contribution < 1.29 is 9.53 Å². The predicted octanol–water partition coefficient (Wildman–Crippen LogP) is 2.87. The summed E-state index contributed by atoms with van der Waals surface area (Å²) in [6.45, 7) is 5.39. The van der Waals surface area contributed by atoms with E-state index >= 15 is 0 Å². The highest BCUT2D eigenvalue weighted by atomic mass is 35.5. The summed E-state index contributed by atoms with van der Waals surface area (Å²) in [6.07, 6.45) is 0.946. The Labute approximate surface area is 103 Å². The van der Waals surface area contributed by atoms with Gasteiger partial charge in [0.15, 0.2) is 0 Å². The molecule has 0 saturated heterocycles. The third-order valence-electron chi connectivity index (χ3n) is 1.96. The van der Waals surface area contributed by atoms with Gasteiger partial charge in [-0.1, -0.05) is 11.6 Å². The number of nitrogens with zero attached hydrogens (tertiary/aromatic N) is 3. The van der Waals surface area contributed by atoms with Crippen molar-refractivity contribution in [1.29, 1.82) is 0 Å². The molecule has 90 valence electrons. The third-order valence-corrected chi connectivity index (χ3v) is 2.17. The van der Waals surface area contributed by atoms with Crippen molar-refractivity contribution in [3.05, 3.63) is 23.5 Å². The zero-order valence-corrected chi connectivity index (χ0v) is 10.5.